The molecule has 0 spiro atoms. The van der Waals surface area contributed by atoms with E-state index in [9.17, 15) is 0 Å². The standard InChI is InChI=1S/C14H27N3OS/c1-5-7-15-9-12-8-14(18-16-12)10-17(3)13(6-2)11-19-4/h8,13,15H,5-7,9-11H2,1-4H3. The zero-order chi connectivity index (χ0) is 14.1. The van der Waals surface area contributed by atoms with Crippen molar-refractivity contribution in [2.75, 3.05) is 25.6 Å². The van der Waals surface area contributed by atoms with E-state index < -0.39 is 0 Å². The first kappa shape index (κ1) is 16.5. The van der Waals surface area contributed by atoms with Gasteiger partial charge in [-0.3, -0.25) is 4.90 Å². The highest BCUT2D eigenvalue weighted by Crippen LogP contribution is 2.13. The zero-order valence-corrected chi connectivity index (χ0v) is 13.4. The molecular weight excluding hydrogens is 258 g/mol. The molecule has 0 aliphatic heterocycles. The van der Waals surface area contributed by atoms with E-state index >= 15 is 0 Å². The molecule has 1 unspecified atom stereocenters. The van der Waals surface area contributed by atoms with Gasteiger partial charge in [0.2, 0.25) is 0 Å². The van der Waals surface area contributed by atoms with Crippen molar-refractivity contribution in [1.29, 1.82) is 0 Å². The summed E-state index contributed by atoms with van der Waals surface area (Å²) in [5.74, 6) is 2.11. The highest BCUT2D eigenvalue weighted by molar-refractivity contribution is 7.98. The van der Waals surface area contributed by atoms with Crippen LogP contribution >= 0.6 is 11.8 Å². The monoisotopic (exact) mass is 285 g/mol. The van der Waals surface area contributed by atoms with Gasteiger partial charge >= 0.3 is 0 Å². The second kappa shape index (κ2) is 9.39. The molecule has 1 rings (SSSR count). The van der Waals surface area contributed by atoms with Crippen LogP contribution in [-0.4, -0.2) is 41.7 Å². The minimum absolute atomic E-state index is 0.599. The Hall–Kier alpha value is -0.520. The van der Waals surface area contributed by atoms with E-state index in [0.29, 0.717) is 6.04 Å². The van der Waals surface area contributed by atoms with Crippen molar-refractivity contribution in [1.82, 2.24) is 15.4 Å². The molecule has 0 aromatic carbocycles. The molecule has 1 heterocycles. The van der Waals surface area contributed by atoms with E-state index in [4.69, 9.17) is 4.52 Å². The van der Waals surface area contributed by atoms with Crippen LogP contribution in [0.4, 0.5) is 0 Å². The van der Waals surface area contributed by atoms with Gasteiger partial charge in [-0.25, -0.2) is 0 Å². The number of thioether (sulfide) groups is 1. The van der Waals surface area contributed by atoms with Gasteiger partial charge in [-0.05, 0) is 32.7 Å². The molecule has 0 aliphatic rings. The molecule has 5 heteroatoms. The Morgan fingerprint density at radius 1 is 1.47 bits per heavy atom. The van der Waals surface area contributed by atoms with Gasteiger partial charge in [0.05, 0.1) is 12.2 Å². The number of aromatic nitrogens is 1. The highest BCUT2D eigenvalue weighted by Gasteiger charge is 2.14. The van der Waals surface area contributed by atoms with E-state index in [1.807, 2.05) is 11.8 Å². The Labute approximate surface area is 121 Å². The summed E-state index contributed by atoms with van der Waals surface area (Å²) in [6, 6.07) is 2.66. The maximum absolute atomic E-state index is 5.40. The number of hydrogen-bond acceptors (Lipinski definition) is 5. The molecule has 1 aromatic heterocycles. The van der Waals surface area contributed by atoms with Gasteiger partial charge in [-0.15, -0.1) is 0 Å². The molecule has 0 radical (unpaired) electrons. The van der Waals surface area contributed by atoms with Crippen molar-refractivity contribution in [3.63, 3.8) is 0 Å². The van der Waals surface area contributed by atoms with Gasteiger partial charge in [0.1, 0.15) is 0 Å². The van der Waals surface area contributed by atoms with Crippen LogP contribution < -0.4 is 5.32 Å². The molecule has 0 aliphatic carbocycles. The first-order valence-corrected chi connectivity index (χ1v) is 8.44. The fourth-order valence-electron chi connectivity index (χ4n) is 2.03. The Morgan fingerprint density at radius 3 is 2.89 bits per heavy atom. The van der Waals surface area contributed by atoms with Crippen molar-refractivity contribution in [2.45, 2.75) is 45.8 Å². The lowest BCUT2D eigenvalue weighted by Crippen LogP contribution is -2.32. The Morgan fingerprint density at radius 2 is 2.26 bits per heavy atom. The number of nitrogens with zero attached hydrogens (tertiary/aromatic N) is 2. The van der Waals surface area contributed by atoms with E-state index in [1.165, 1.54) is 0 Å². The normalized spacial score (nSPS) is 13.1. The second-order valence-corrected chi connectivity index (χ2v) is 5.80. The van der Waals surface area contributed by atoms with Crippen molar-refractivity contribution >= 4 is 11.8 Å². The van der Waals surface area contributed by atoms with Crippen LogP contribution in [0.25, 0.3) is 0 Å². The first-order chi connectivity index (χ1) is 9.21. The summed E-state index contributed by atoms with van der Waals surface area (Å²) in [4.78, 5) is 2.35. The van der Waals surface area contributed by atoms with E-state index in [2.05, 4.69) is 48.6 Å². The fourth-order valence-corrected chi connectivity index (χ4v) is 2.91. The van der Waals surface area contributed by atoms with Crippen LogP contribution in [0.1, 0.15) is 38.1 Å². The molecule has 0 saturated heterocycles. The SMILES string of the molecule is CCCNCc1cc(CN(C)C(CC)CSC)on1. The van der Waals surface area contributed by atoms with Gasteiger partial charge in [0.25, 0.3) is 0 Å². The molecule has 4 nitrogen and oxygen atoms in total. The zero-order valence-electron chi connectivity index (χ0n) is 12.6. The molecule has 110 valence electrons. The van der Waals surface area contributed by atoms with E-state index in [0.717, 1.165) is 49.7 Å². The summed E-state index contributed by atoms with van der Waals surface area (Å²) in [7, 11) is 2.15. The average Bonchev–Trinajstić information content (AvgIpc) is 2.83. The van der Waals surface area contributed by atoms with Crippen LogP contribution in [0.5, 0.6) is 0 Å². The minimum Gasteiger partial charge on any atom is -0.360 e. The molecule has 19 heavy (non-hydrogen) atoms. The lowest BCUT2D eigenvalue weighted by molar-refractivity contribution is 0.217. The van der Waals surface area contributed by atoms with Crippen molar-refractivity contribution in [2.24, 2.45) is 0 Å². The van der Waals surface area contributed by atoms with Crippen molar-refractivity contribution in [3.05, 3.63) is 17.5 Å². The smallest absolute Gasteiger partial charge is 0.151 e. The molecule has 0 amide bonds. The minimum atomic E-state index is 0.599. The Kier molecular flexibility index (Phi) is 8.18. The van der Waals surface area contributed by atoms with Crippen molar-refractivity contribution in [3.8, 4) is 0 Å². The van der Waals surface area contributed by atoms with Crippen LogP contribution in [-0.2, 0) is 13.1 Å². The molecule has 0 bridgehead atoms. The predicted octanol–water partition coefficient (Wildman–Crippen LogP) is 2.75. The molecule has 0 fully saturated rings. The summed E-state index contributed by atoms with van der Waals surface area (Å²) >= 11 is 1.89. The van der Waals surface area contributed by atoms with E-state index in [-0.39, 0.29) is 0 Å². The van der Waals surface area contributed by atoms with Crippen LogP contribution in [0.3, 0.4) is 0 Å². The fraction of sp³-hybridized carbons (Fsp3) is 0.786. The largest absolute Gasteiger partial charge is 0.360 e. The first-order valence-electron chi connectivity index (χ1n) is 7.05. The maximum Gasteiger partial charge on any atom is 0.151 e. The maximum atomic E-state index is 5.40. The number of rotatable bonds is 10. The molecule has 1 atom stereocenters. The Balaban J connectivity index is 2.43. The van der Waals surface area contributed by atoms with Gasteiger partial charge < -0.3 is 9.84 Å². The lowest BCUT2D eigenvalue weighted by atomic mass is 10.2. The summed E-state index contributed by atoms with van der Waals surface area (Å²) in [5.41, 5.74) is 0.995. The Bertz CT molecular complexity index is 343. The molecule has 0 saturated carbocycles. The quantitative estimate of drug-likeness (QED) is 0.670. The van der Waals surface area contributed by atoms with E-state index in [1.54, 1.807) is 0 Å². The third-order valence-electron chi connectivity index (χ3n) is 3.20. The third-order valence-corrected chi connectivity index (χ3v) is 3.92. The van der Waals surface area contributed by atoms with Crippen LogP contribution in [0, 0.1) is 0 Å². The molecule has 1 N–H and O–H groups in total. The topological polar surface area (TPSA) is 41.3 Å². The molecular formula is C14H27N3OS. The summed E-state index contributed by atoms with van der Waals surface area (Å²) < 4.78 is 5.40. The molecule has 1 aromatic rings. The lowest BCUT2D eigenvalue weighted by Gasteiger charge is -2.25. The summed E-state index contributed by atoms with van der Waals surface area (Å²) in [5, 5.41) is 7.44. The van der Waals surface area contributed by atoms with Gasteiger partial charge in [0.15, 0.2) is 5.76 Å². The predicted molar refractivity (Wildman–Crippen MR) is 82.4 cm³/mol. The second-order valence-electron chi connectivity index (χ2n) is 4.89. The van der Waals surface area contributed by atoms with Gasteiger partial charge in [0, 0.05) is 24.4 Å². The number of hydrogen-bond donors (Lipinski definition) is 1. The van der Waals surface area contributed by atoms with Gasteiger partial charge in [-0.1, -0.05) is 19.0 Å². The summed E-state index contributed by atoms with van der Waals surface area (Å²) in [6.45, 7) is 7.04. The van der Waals surface area contributed by atoms with Crippen molar-refractivity contribution < 1.29 is 4.52 Å². The summed E-state index contributed by atoms with van der Waals surface area (Å²) in [6.07, 6.45) is 4.46. The van der Waals surface area contributed by atoms with Gasteiger partial charge in [-0.2, -0.15) is 11.8 Å². The third kappa shape index (κ3) is 5.97. The highest BCUT2D eigenvalue weighted by atomic mass is 32.2. The average molecular weight is 285 g/mol. The number of nitrogens with one attached hydrogen (secondary N) is 1. The van der Waals surface area contributed by atoms with Crippen LogP contribution in [0.2, 0.25) is 0 Å². The van der Waals surface area contributed by atoms with Crippen LogP contribution in [0.15, 0.2) is 10.6 Å².